The van der Waals surface area contributed by atoms with Crippen LogP contribution in [0.2, 0.25) is 5.15 Å². The molecule has 0 atom stereocenters. The Morgan fingerprint density at radius 2 is 1.74 bits per heavy atom. The lowest BCUT2D eigenvalue weighted by Gasteiger charge is -2.06. The van der Waals surface area contributed by atoms with Crippen LogP contribution < -0.4 is 5.49 Å². The second-order valence-corrected chi connectivity index (χ2v) is 6.04. The van der Waals surface area contributed by atoms with Gasteiger partial charge in [-0.2, -0.15) is 5.10 Å². The Bertz CT molecular complexity index is 517. The van der Waals surface area contributed by atoms with Crippen molar-refractivity contribution in [3.05, 3.63) is 22.8 Å². The minimum absolute atomic E-state index is 0.0756. The summed E-state index contributed by atoms with van der Waals surface area (Å²) in [7, 11) is 0. The summed E-state index contributed by atoms with van der Waals surface area (Å²) in [6.45, 7) is 3.06. The number of nitrogens with zero attached hydrogens (tertiary/aromatic N) is 2. The van der Waals surface area contributed by atoms with Crippen LogP contribution in [-0.2, 0) is 16.1 Å². The normalized spacial score (nSPS) is 10.7. The van der Waals surface area contributed by atoms with Crippen molar-refractivity contribution in [1.29, 1.82) is 5.41 Å². The van der Waals surface area contributed by atoms with Gasteiger partial charge in [-0.25, -0.2) is 4.68 Å². The standard InChI is InChI=1S/C17H28ClN3O2/c1-2-23-17(22)11-9-7-5-3-4-6-8-10-14-21-16(19)13-12-15(18)20-21/h12-13,19H,2-11,14H2,1H3. The van der Waals surface area contributed by atoms with Crippen molar-refractivity contribution in [3.8, 4) is 0 Å². The van der Waals surface area contributed by atoms with Crippen molar-refractivity contribution >= 4 is 17.6 Å². The summed E-state index contributed by atoms with van der Waals surface area (Å²) in [6.07, 6.45) is 9.57. The first-order valence-electron chi connectivity index (χ1n) is 8.57. The van der Waals surface area contributed by atoms with Crippen LogP contribution in [0.5, 0.6) is 0 Å². The Hall–Kier alpha value is -1.36. The number of hydrogen-bond acceptors (Lipinski definition) is 4. The van der Waals surface area contributed by atoms with Crippen molar-refractivity contribution in [2.45, 2.75) is 71.3 Å². The molecule has 1 aromatic heterocycles. The van der Waals surface area contributed by atoms with E-state index < -0.39 is 0 Å². The van der Waals surface area contributed by atoms with Gasteiger partial charge >= 0.3 is 5.97 Å². The van der Waals surface area contributed by atoms with Crippen molar-refractivity contribution < 1.29 is 9.53 Å². The fraction of sp³-hybridized carbons (Fsp3) is 0.706. The van der Waals surface area contributed by atoms with Gasteiger partial charge in [0.2, 0.25) is 0 Å². The molecular weight excluding hydrogens is 314 g/mol. The van der Waals surface area contributed by atoms with E-state index in [0.29, 0.717) is 23.7 Å². The first-order valence-corrected chi connectivity index (χ1v) is 8.95. The predicted octanol–water partition coefficient (Wildman–Crippen LogP) is 4.09. The average Bonchev–Trinajstić information content (AvgIpc) is 2.52. The maximum absolute atomic E-state index is 11.2. The van der Waals surface area contributed by atoms with E-state index in [4.69, 9.17) is 21.7 Å². The first kappa shape index (κ1) is 19.7. The Kier molecular flexibility index (Phi) is 10.4. The van der Waals surface area contributed by atoms with Crippen molar-refractivity contribution in [1.82, 2.24) is 9.78 Å². The molecule has 0 aliphatic rings. The molecule has 130 valence electrons. The Morgan fingerprint density at radius 3 is 2.39 bits per heavy atom. The first-order chi connectivity index (χ1) is 11.1. The molecule has 0 saturated carbocycles. The van der Waals surface area contributed by atoms with Crippen molar-refractivity contribution in [2.24, 2.45) is 0 Å². The number of unbranched alkanes of at least 4 members (excludes halogenated alkanes) is 7. The third kappa shape index (κ3) is 9.39. The molecule has 5 nitrogen and oxygen atoms in total. The van der Waals surface area contributed by atoms with Gasteiger partial charge in [0.15, 0.2) is 0 Å². The van der Waals surface area contributed by atoms with E-state index in [0.717, 1.165) is 32.2 Å². The smallest absolute Gasteiger partial charge is 0.305 e. The number of esters is 1. The molecule has 0 fully saturated rings. The number of aromatic nitrogens is 2. The number of nitrogens with one attached hydrogen (secondary N) is 1. The lowest BCUT2D eigenvalue weighted by atomic mass is 10.1. The summed E-state index contributed by atoms with van der Waals surface area (Å²) in [5.74, 6) is -0.0756. The van der Waals surface area contributed by atoms with E-state index in [1.165, 1.54) is 25.7 Å². The molecule has 0 bridgehead atoms. The molecule has 0 radical (unpaired) electrons. The molecule has 6 heteroatoms. The number of carbonyl (C=O) groups is 1. The summed E-state index contributed by atoms with van der Waals surface area (Å²) < 4.78 is 6.55. The fourth-order valence-corrected chi connectivity index (χ4v) is 2.59. The molecule has 1 rings (SSSR count). The Labute approximate surface area is 143 Å². The lowest BCUT2D eigenvalue weighted by molar-refractivity contribution is -0.143. The van der Waals surface area contributed by atoms with Crippen molar-refractivity contribution in [3.63, 3.8) is 0 Å². The third-order valence-electron chi connectivity index (χ3n) is 3.68. The van der Waals surface area contributed by atoms with Crippen LogP contribution in [-0.4, -0.2) is 22.4 Å². The van der Waals surface area contributed by atoms with Crippen LogP contribution in [0.25, 0.3) is 0 Å². The van der Waals surface area contributed by atoms with Gasteiger partial charge in [-0.15, -0.1) is 0 Å². The van der Waals surface area contributed by atoms with Gasteiger partial charge in [-0.1, -0.05) is 50.1 Å². The molecular formula is C17H28ClN3O2. The summed E-state index contributed by atoms with van der Waals surface area (Å²) in [6, 6.07) is 3.31. The maximum Gasteiger partial charge on any atom is 0.305 e. The lowest BCUT2D eigenvalue weighted by Crippen LogP contribution is -2.21. The molecule has 0 unspecified atom stereocenters. The highest BCUT2D eigenvalue weighted by atomic mass is 35.5. The number of ether oxygens (including phenoxy) is 1. The molecule has 1 aromatic rings. The van der Waals surface area contributed by atoms with Crippen LogP contribution in [0.15, 0.2) is 12.1 Å². The van der Waals surface area contributed by atoms with Gasteiger partial charge < -0.3 is 4.74 Å². The second-order valence-electron chi connectivity index (χ2n) is 5.65. The number of aryl methyl sites for hydroxylation is 1. The summed E-state index contributed by atoms with van der Waals surface area (Å²) in [4.78, 5) is 11.2. The number of hydrogen-bond donors (Lipinski definition) is 1. The Morgan fingerprint density at radius 1 is 1.13 bits per heavy atom. The monoisotopic (exact) mass is 341 g/mol. The summed E-state index contributed by atoms with van der Waals surface area (Å²) in [5, 5.41) is 12.3. The molecule has 0 aliphatic carbocycles. The minimum atomic E-state index is -0.0756. The van der Waals surface area contributed by atoms with Crippen LogP contribution >= 0.6 is 11.6 Å². The Balaban J connectivity index is 1.95. The van der Waals surface area contributed by atoms with Gasteiger partial charge in [0.25, 0.3) is 0 Å². The zero-order chi connectivity index (χ0) is 16.9. The van der Waals surface area contributed by atoms with Gasteiger partial charge in [0.05, 0.1) is 6.61 Å². The van der Waals surface area contributed by atoms with Crippen LogP contribution in [0.4, 0.5) is 0 Å². The highest BCUT2D eigenvalue weighted by molar-refractivity contribution is 6.29. The molecule has 0 amide bonds. The molecule has 0 aromatic carbocycles. The predicted molar refractivity (Wildman–Crippen MR) is 91.3 cm³/mol. The molecule has 0 aliphatic heterocycles. The zero-order valence-electron chi connectivity index (χ0n) is 14.0. The van der Waals surface area contributed by atoms with E-state index in [2.05, 4.69) is 5.10 Å². The highest BCUT2D eigenvalue weighted by Crippen LogP contribution is 2.10. The maximum atomic E-state index is 11.2. The topological polar surface area (TPSA) is 68.0 Å². The quantitative estimate of drug-likeness (QED) is 0.460. The van der Waals surface area contributed by atoms with Crippen LogP contribution in [0.1, 0.15) is 64.7 Å². The van der Waals surface area contributed by atoms with Gasteiger partial charge in [0, 0.05) is 13.0 Å². The second kappa shape index (κ2) is 12.1. The van der Waals surface area contributed by atoms with Crippen LogP contribution in [0.3, 0.4) is 0 Å². The van der Waals surface area contributed by atoms with E-state index in [9.17, 15) is 4.79 Å². The van der Waals surface area contributed by atoms with Gasteiger partial charge in [0.1, 0.15) is 10.6 Å². The zero-order valence-corrected chi connectivity index (χ0v) is 14.8. The van der Waals surface area contributed by atoms with Crippen LogP contribution in [0, 0.1) is 5.41 Å². The molecule has 23 heavy (non-hydrogen) atoms. The van der Waals surface area contributed by atoms with E-state index in [1.807, 2.05) is 6.92 Å². The number of carbonyl (C=O) groups excluding carboxylic acids is 1. The minimum Gasteiger partial charge on any atom is -0.466 e. The SMILES string of the molecule is CCOC(=O)CCCCCCCCCCn1nc(Cl)ccc1=N. The third-order valence-corrected chi connectivity index (χ3v) is 3.88. The van der Waals surface area contributed by atoms with E-state index in [1.54, 1.807) is 16.8 Å². The van der Waals surface area contributed by atoms with E-state index >= 15 is 0 Å². The highest BCUT2D eigenvalue weighted by Gasteiger charge is 2.01. The molecule has 1 heterocycles. The number of halogens is 1. The summed E-state index contributed by atoms with van der Waals surface area (Å²) in [5.41, 5.74) is 0.399. The van der Waals surface area contributed by atoms with Crippen molar-refractivity contribution in [2.75, 3.05) is 6.61 Å². The molecule has 0 saturated heterocycles. The summed E-state index contributed by atoms with van der Waals surface area (Å²) >= 11 is 5.83. The van der Waals surface area contributed by atoms with Gasteiger partial charge in [-0.3, -0.25) is 10.2 Å². The molecule has 1 N–H and O–H groups in total. The fourth-order valence-electron chi connectivity index (χ4n) is 2.43. The number of rotatable bonds is 12. The molecule has 0 spiro atoms. The average molecular weight is 342 g/mol. The van der Waals surface area contributed by atoms with E-state index in [-0.39, 0.29) is 5.97 Å². The van der Waals surface area contributed by atoms with Gasteiger partial charge in [-0.05, 0) is 31.9 Å². The largest absolute Gasteiger partial charge is 0.466 e.